The zero-order valence-electron chi connectivity index (χ0n) is 11.2. The van der Waals surface area contributed by atoms with Crippen LogP contribution in [0, 0.1) is 18.8 Å². The third-order valence-electron chi connectivity index (χ3n) is 3.44. The minimum Gasteiger partial charge on any atom is -0.481 e. The summed E-state index contributed by atoms with van der Waals surface area (Å²) in [7, 11) is 1.29. The molecule has 0 aliphatic heterocycles. The number of carbonyl (C=O) groups is 3. The molecule has 2 rings (SSSR count). The van der Waals surface area contributed by atoms with Crippen molar-refractivity contribution in [2.24, 2.45) is 11.8 Å². The molecule has 1 saturated carbocycles. The Kier molecular flexibility index (Phi) is 3.74. The first-order valence-corrected chi connectivity index (χ1v) is 6.17. The Morgan fingerprint density at radius 1 is 1.30 bits per heavy atom. The van der Waals surface area contributed by atoms with E-state index in [0.717, 1.165) is 0 Å². The molecule has 2 N–H and O–H groups in total. The molecule has 1 aromatic rings. The van der Waals surface area contributed by atoms with Crippen molar-refractivity contribution in [1.29, 1.82) is 0 Å². The molecule has 0 heterocycles. The molecule has 6 heteroatoms. The third kappa shape index (κ3) is 2.64. The molecule has 0 radical (unpaired) electrons. The van der Waals surface area contributed by atoms with Crippen molar-refractivity contribution in [3.8, 4) is 0 Å². The summed E-state index contributed by atoms with van der Waals surface area (Å²) in [6, 6.07) is 4.91. The van der Waals surface area contributed by atoms with Crippen LogP contribution in [-0.2, 0) is 14.3 Å². The van der Waals surface area contributed by atoms with Crippen LogP contribution < -0.4 is 5.32 Å². The van der Waals surface area contributed by atoms with Gasteiger partial charge in [-0.15, -0.1) is 0 Å². The van der Waals surface area contributed by atoms with Crippen molar-refractivity contribution in [2.45, 2.75) is 13.3 Å². The Morgan fingerprint density at radius 2 is 2.00 bits per heavy atom. The van der Waals surface area contributed by atoms with Gasteiger partial charge >= 0.3 is 11.9 Å². The maximum Gasteiger partial charge on any atom is 0.338 e. The molecular formula is C14H15NO5. The van der Waals surface area contributed by atoms with E-state index in [1.54, 1.807) is 25.1 Å². The number of carboxylic acid groups (broad SMARTS) is 1. The van der Waals surface area contributed by atoms with Crippen molar-refractivity contribution in [3.05, 3.63) is 29.3 Å². The summed E-state index contributed by atoms with van der Waals surface area (Å²) in [5, 5.41) is 11.5. The number of nitrogens with one attached hydrogen (secondary N) is 1. The highest BCUT2D eigenvalue weighted by molar-refractivity contribution is 6.00. The fourth-order valence-electron chi connectivity index (χ4n) is 2.09. The Bertz CT molecular complexity index is 581. The predicted molar refractivity (Wildman–Crippen MR) is 70.4 cm³/mol. The Hall–Kier alpha value is -2.37. The summed E-state index contributed by atoms with van der Waals surface area (Å²) in [5.41, 5.74) is 1.46. The van der Waals surface area contributed by atoms with E-state index in [1.165, 1.54) is 7.11 Å². The highest BCUT2D eigenvalue weighted by Crippen LogP contribution is 2.39. The van der Waals surface area contributed by atoms with Gasteiger partial charge in [-0.3, -0.25) is 9.59 Å². The summed E-state index contributed by atoms with van der Waals surface area (Å²) >= 11 is 0. The second-order valence-corrected chi connectivity index (χ2v) is 4.75. The molecule has 1 aromatic carbocycles. The number of benzene rings is 1. The number of rotatable bonds is 4. The maximum absolute atomic E-state index is 11.9. The van der Waals surface area contributed by atoms with Gasteiger partial charge in [-0.1, -0.05) is 6.07 Å². The van der Waals surface area contributed by atoms with E-state index in [2.05, 4.69) is 10.1 Å². The number of amides is 1. The summed E-state index contributed by atoms with van der Waals surface area (Å²) < 4.78 is 4.66. The molecule has 0 unspecified atom stereocenters. The topological polar surface area (TPSA) is 92.7 Å². The van der Waals surface area contributed by atoms with Crippen LogP contribution in [-0.4, -0.2) is 30.1 Å². The van der Waals surface area contributed by atoms with Crippen molar-refractivity contribution >= 4 is 23.5 Å². The van der Waals surface area contributed by atoms with Gasteiger partial charge in [0.1, 0.15) is 0 Å². The van der Waals surface area contributed by atoms with E-state index in [1.807, 2.05) is 0 Å². The van der Waals surface area contributed by atoms with E-state index >= 15 is 0 Å². The van der Waals surface area contributed by atoms with Crippen LogP contribution in [0.1, 0.15) is 22.3 Å². The van der Waals surface area contributed by atoms with Crippen molar-refractivity contribution in [2.75, 3.05) is 12.4 Å². The summed E-state index contributed by atoms with van der Waals surface area (Å²) in [5.74, 6) is -2.85. The third-order valence-corrected chi connectivity index (χ3v) is 3.44. The number of hydrogen-bond donors (Lipinski definition) is 2. The van der Waals surface area contributed by atoms with Crippen LogP contribution in [0.3, 0.4) is 0 Å². The zero-order chi connectivity index (χ0) is 14.9. The van der Waals surface area contributed by atoms with E-state index in [-0.39, 0.29) is 5.91 Å². The minimum absolute atomic E-state index is 0.331. The normalized spacial score (nSPS) is 20.1. The van der Waals surface area contributed by atoms with Gasteiger partial charge in [0.25, 0.3) is 0 Å². The highest BCUT2D eigenvalue weighted by Gasteiger charge is 2.48. The number of hydrogen-bond acceptors (Lipinski definition) is 4. The number of aliphatic carboxylic acids is 1. The smallest absolute Gasteiger partial charge is 0.338 e. The molecule has 106 valence electrons. The lowest BCUT2D eigenvalue weighted by molar-refractivity contribution is -0.139. The molecule has 20 heavy (non-hydrogen) atoms. The summed E-state index contributed by atoms with van der Waals surface area (Å²) in [6.07, 6.45) is 0.358. The van der Waals surface area contributed by atoms with E-state index in [4.69, 9.17) is 5.11 Å². The number of esters is 1. The van der Waals surface area contributed by atoms with Crippen LogP contribution in [0.25, 0.3) is 0 Å². The van der Waals surface area contributed by atoms with Crippen LogP contribution in [0.15, 0.2) is 18.2 Å². The molecule has 0 saturated heterocycles. The zero-order valence-corrected chi connectivity index (χ0v) is 11.2. The van der Waals surface area contributed by atoms with Gasteiger partial charge in [0.05, 0.1) is 24.5 Å². The van der Waals surface area contributed by atoms with Gasteiger partial charge in [0.2, 0.25) is 5.91 Å². The summed E-state index contributed by atoms with van der Waals surface area (Å²) in [4.78, 5) is 34.2. The average Bonchev–Trinajstić information content (AvgIpc) is 3.20. The Labute approximate surface area is 115 Å². The predicted octanol–water partition coefficient (Wildman–Crippen LogP) is 1.44. The highest BCUT2D eigenvalue weighted by atomic mass is 16.5. The fraction of sp³-hybridized carbons (Fsp3) is 0.357. The molecule has 0 aromatic heterocycles. The number of ether oxygens (including phenoxy) is 1. The van der Waals surface area contributed by atoms with Crippen LogP contribution >= 0.6 is 0 Å². The van der Waals surface area contributed by atoms with Crippen molar-refractivity contribution < 1.29 is 24.2 Å². The van der Waals surface area contributed by atoms with Gasteiger partial charge in [-0.05, 0) is 31.0 Å². The quantitative estimate of drug-likeness (QED) is 0.812. The van der Waals surface area contributed by atoms with E-state index in [9.17, 15) is 14.4 Å². The second kappa shape index (κ2) is 5.32. The molecule has 1 fully saturated rings. The Balaban J connectivity index is 2.13. The monoisotopic (exact) mass is 277 g/mol. The van der Waals surface area contributed by atoms with Crippen LogP contribution in [0.5, 0.6) is 0 Å². The largest absolute Gasteiger partial charge is 0.481 e. The lowest BCUT2D eigenvalue weighted by atomic mass is 10.1. The van der Waals surface area contributed by atoms with Crippen LogP contribution in [0.2, 0.25) is 0 Å². The molecule has 1 amide bonds. The number of anilines is 1. The SMILES string of the molecule is COC(=O)c1cccc(NC(=O)[C@@H]2C[C@@H]2C(=O)O)c1C. The first-order valence-electron chi connectivity index (χ1n) is 6.17. The molecule has 1 aliphatic carbocycles. The maximum atomic E-state index is 11.9. The van der Waals surface area contributed by atoms with E-state index in [0.29, 0.717) is 23.2 Å². The number of carbonyl (C=O) groups excluding carboxylic acids is 2. The molecule has 0 spiro atoms. The van der Waals surface area contributed by atoms with Gasteiger partial charge < -0.3 is 15.2 Å². The van der Waals surface area contributed by atoms with E-state index < -0.39 is 23.8 Å². The first-order chi connectivity index (χ1) is 9.45. The second-order valence-electron chi connectivity index (χ2n) is 4.75. The van der Waals surface area contributed by atoms with Gasteiger partial charge in [-0.25, -0.2) is 4.79 Å². The van der Waals surface area contributed by atoms with Gasteiger partial charge in [0, 0.05) is 5.69 Å². The standard InChI is InChI=1S/C14H15NO5/c1-7-8(14(19)20-2)4-3-5-11(7)15-12(16)9-6-10(9)13(17)18/h3-5,9-10H,6H2,1-2H3,(H,15,16)(H,17,18)/t9-,10+/m1/s1. The first kappa shape index (κ1) is 14.0. The molecule has 1 aliphatic rings. The lowest BCUT2D eigenvalue weighted by Gasteiger charge is -2.11. The van der Waals surface area contributed by atoms with Gasteiger partial charge in [-0.2, -0.15) is 0 Å². The minimum atomic E-state index is -0.954. The number of carboxylic acids is 1. The number of methoxy groups -OCH3 is 1. The fourth-order valence-corrected chi connectivity index (χ4v) is 2.09. The average molecular weight is 277 g/mol. The Morgan fingerprint density at radius 3 is 2.55 bits per heavy atom. The van der Waals surface area contributed by atoms with Crippen LogP contribution in [0.4, 0.5) is 5.69 Å². The van der Waals surface area contributed by atoms with Crippen molar-refractivity contribution in [1.82, 2.24) is 0 Å². The summed E-state index contributed by atoms with van der Waals surface area (Å²) in [6.45, 7) is 1.70. The molecule has 6 nitrogen and oxygen atoms in total. The molecule has 2 atom stereocenters. The molecule has 0 bridgehead atoms. The van der Waals surface area contributed by atoms with Gasteiger partial charge in [0.15, 0.2) is 0 Å². The lowest BCUT2D eigenvalue weighted by Crippen LogP contribution is -2.18. The van der Waals surface area contributed by atoms with Crippen molar-refractivity contribution in [3.63, 3.8) is 0 Å². The molecular weight excluding hydrogens is 262 g/mol.